The largest absolute Gasteiger partial charge is 0.496 e. The number of ether oxygens (including phenoxy) is 1. The predicted octanol–water partition coefficient (Wildman–Crippen LogP) is 3.50. The van der Waals surface area contributed by atoms with Crippen molar-refractivity contribution in [1.29, 1.82) is 0 Å². The van der Waals surface area contributed by atoms with Gasteiger partial charge in [-0.05, 0) is 51.4 Å². The fourth-order valence-electron chi connectivity index (χ4n) is 2.44. The first-order chi connectivity index (χ1) is 11.6. The number of halogens is 1. The van der Waals surface area contributed by atoms with E-state index in [0.717, 1.165) is 11.0 Å². The van der Waals surface area contributed by atoms with E-state index in [2.05, 4.69) is 5.32 Å². The summed E-state index contributed by atoms with van der Waals surface area (Å²) in [5.41, 5.74) is 0.649. The van der Waals surface area contributed by atoms with Gasteiger partial charge in [0, 0.05) is 24.1 Å². The van der Waals surface area contributed by atoms with Crippen LogP contribution in [0.15, 0.2) is 23.7 Å². The standard InChI is InChI=1S/C18H25BClNO4/c1-12(22)21-11-14(19-24-17(2,3)18(4,5)25-19)9-13-10-15(20)7-8-16(13)23-6/h7-10H,11H2,1-6H3,(H,21,22). The first kappa shape index (κ1) is 19.8. The smallest absolute Gasteiger partial charge is 0.492 e. The maximum absolute atomic E-state index is 11.4. The summed E-state index contributed by atoms with van der Waals surface area (Å²) in [6, 6.07) is 5.37. The van der Waals surface area contributed by atoms with E-state index in [4.69, 9.17) is 25.6 Å². The number of nitrogens with one attached hydrogen (secondary N) is 1. The number of carbonyl (C=O) groups excluding carboxylic acids is 1. The molecule has 0 atom stereocenters. The fourth-order valence-corrected chi connectivity index (χ4v) is 2.62. The van der Waals surface area contributed by atoms with Crippen LogP contribution in [0.5, 0.6) is 5.75 Å². The third kappa shape index (κ3) is 4.57. The van der Waals surface area contributed by atoms with Crippen molar-refractivity contribution in [2.45, 2.75) is 45.8 Å². The molecule has 1 aliphatic heterocycles. The highest BCUT2D eigenvalue weighted by molar-refractivity contribution is 6.56. The van der Waals surface area contributed by atoms with Gasteiger partial charge in [0.1, 0.15) is 5.75 Å². The average Bonchev–Trinajstić information content (AvgIpc) is 2.71. The van der Waals surface area contributed by atoms with E-state index in [9.17, 15) is 4.79 Å². The topological polar surface area (TPSA) is 56.8 Å². The predicted molar refractivity (Wildman–Crippen MR) is 101 cm³/mol. The maximum Gasteiger partial charge on any atom is 0.492 e. The molecule has 1 amide bonds. The summed E-state index contributed by atoms with van der Waals surface area (Å²) in [7, 11) is 1.03. The second kappa shape index (κ2) is 7.40. The average molecular weight is 366 g/mol. The second-order valence-electron chi connectivity index (χ2n) is 7.10. The third-order valence-corrected chi connectivity index (χ3v) is 4.87. The zero-order valence-corrected chi connectivity index (χ0v) is 16.4. The molecule has 0 unspecified atom stereocenters. The van der Waals surface area contributed by atoms with Crippen molar-refractivity contribution in [3.8, 4) is 5.75 Å². The van der Waals surface area contributed by atoms with Crippen LogP contribution in [0.4, 0.5) is 0 Å². The van der Waals surface area contributed by atoms with E-state index >= 15 is 0 Å². The Morgan fingerprint density at radius 1 is 1.28 bits per heavy atom. The molecule has 1 fully saturated rings. The van der Waals surface area contributed by atoms with Crippen molar-refractivity contribution in [2.75, 3.05) is 13.7 Å². The number of hydrogen-bond donors (Lipinski definition) is 1. The molecular weight excluding hydrogens is 340 g/mol. The first-order valence-corrected chi connectivity index (χ1v) is 8.57. The van der Waals surface area contributed by atoms with Crippen molar-refractivity contribution >= 4 is 30.7 Å². The van der Waals surface area contributed by atoms with E-state index in [1.165, 1.54) is 6.92 Å². The highest BCUT2D eigenvalue weighted by atomic mass is 35.5. The second-order valence-corrected chi connectivity index (χ2v) is 7.54. The molecule has 1 aromatic rings. The van der Waals surface area contributed by atoms with Crippen LogP contribution in [-0.4, -0.2) is 37.9 Å². The van der Waals surface area contributed by atoms with Crippen molar-refractivity contribution in [3.63, 3.8) is 0 Å². The van der Waals surface area contributed by atoms with Gasteiger partial charge in [0.25, 0.3) is 0 Å². The Morgan fingerprint density at radius 2 is 1.88 bits per heavy atom. The molecule has 5 nitrogen and oxygen atoms in total. The third-order valence-electron chi connectivity index (χ3n) is 4.63. The normalized spacial score (nSPS) is 19.0. The summed E-state index contributed by atoms with van der Waals surface area (Å²) in [5, 5.41) is 3.41. The quantitative estimate of drug-likeness (QED) is 0.811. The zero-order chi connectivity index (χ0) is 18.8. The Hall–Kier alpha value is -1.50. The highest BCUT2D eigenvalue weighted by Crippen LogP contribution is 2.39. The van der Waals surface area contributed by atoms with Crippen molar-refractivity contribution in [2.24, 2.45) is 0 Å². The van der Waals surface area contributed by atoms with Crippen molar-refractivity contribution in [1.82, 2.24) is 5.32 Å². The molecule has 25 heavy (non-hydrogen) atoms. The fraction of sp³-hybridized carbons (Fsp3) is 0.500. The van der Waals surface area contributed by atoms with E-state index in [-0.39, 0.29) is 5.91 Å². The SMILES string of the molecule is COc1ccc(Cl)cc1C=C(CNC(C)=O)B1OC(C)(C)C(C)(C)O1. The minimum Gasteiger partial charge on any atom is -0.496 e. The molecular formula is C18H25BClNO4. The molecule has 0 bridgehead atoms. The molecule has 1 aliphatic rings. The van der Waals surface area contributed by atoms with Gasteiger partial charge < -0.3 is 19.4 Å². The summed E-state index contributed by atoms with van der Waals surface area (Å²) in [6.45, 7) is 9.74. The lowest BCUT2D eigenvalue weighted by atomic mass is 9.77. The van der Waals surface area contributed by atoms with Gasteiger partial charge >= 0.3 is 7.12 Å². The Morgan fingerprint density at radius 3 is 2.40 bits per heavy atom. The molecule has 2 rings (SSSR count). The molecule has 1 aromatic carbocycles. The lowest BCUT2D eigenvalue weighted by Gasteiger charge is -2.32. The molecule has 1 heterocycles. The van der Waals surface area contributed by atoms with Crippen LogP contribution in [0.1, 0.15) is 40.2 Å². The number of benzene rings is 1. The summed E-state index contributed by atoms with van der Waals surface area (Å²) in [5.74, 6) is 0.557. The van der Waals surface area contributed by atoms with Crippen LogP contribution in [-0.2, 0) is 14.1 Å². The lowest BCUT2D eigenvalue weighted by molar-refractivity contribution is -0.118. The van der Waals surface area contributed by atoms with Gasteiger partial charge in [-0.15, -0.1) is 0 Å². The van der Waals surface area contributed by atoms with Gasteiger partial charge in [0.15, 0.2) is 0 Å². The monoisotopic (exact) mass is 365 g/mol. The summed E-state index contributed by atoms with van der Waals surface area (Å²) < 4.78 is 17.6. The molecule has 1 saturated heterocycles. The number of carbonyl (C=O) groups is 1. The summed E-state index contributed by atoms with van der Waals surface area (Å²) in [6.07, 6.45) is 1.89. The molecule has 7 heteroatoms. The zero-order valence-electron chi connectivity index (χ0n) is 15.6. The van der Waals surface area contributed by atoms with Crippen LogP contribution in [0, 0.1) is 0 Å². The number of hydrogen-bond acceptors (Lipinski definition) is 4. The molecule has 0 aliphatic carbocycles. The first-order valence-electron chi connectivity index (χ1n) is 8.20. The molecule has 0 saturated carbocycles. The van der Waals surface area contributed by atoms with Gasteiger partial charge in [-0.3, -0.25) is 4.79 Å². The minimum atomic E-state index is -0.569. The Balaban J connectivity index is 2.40. The van der Waals surface area contributed by atoms with Crippen molar-refractivity contribution in [3.05, 3.63) is 34.3 Å². The van der Waals surface area contributed by atoms with E-state index in [1.54, 1.807) is 25.3 Å². The minimum absolute atomic E-state index is 0.125. The summed E-state index contributed by atoms with van der Waals surface area (Å²) in [4.78, 5) is 11.4. The van der Waals surface area contributed by atoms with Gasteiger partial charge in [0.2, 0.25) is 5.91 Å². The molecule has 1 N–H and O–H groups in total. The van der Waals surface area contributed by atoms with Gasteiger partial charge in [-0.1, -0.05) is 17.7 Å². The molecule has 0 spiro atoms. The van der Waals surface area contributed by atoms with Crippen LogP contribution in [0.3, 0.4) is 0 Å². The van der Waals surface area contributed by atoms with Crippen LogP contribution in [0.2, 0.25) is 5.02 Å². The van der Waals surface area contributed by atoms with Crippen LogP contribution < -0.4 is 10.1 Å². The number of methoxy groups -OCH3 is 1. The van der Waals surface area contributed by atoms with Crippen molar-refractivity contribution < 1.29 is 18.8 Å². The highest BCUT2D eigenvalue weighted by Gasteiger charge is 2.52. The molecule has 0 radical (unpaired) electrons. The van der Waals surface area contributed by atoms with Crippen LogP contribution >= 0.6 is 11.6 Å². The Kier molecular flexibility index (Phi) is 5.87. The lowest BCUT2D eigenvalue weighted by Crippen LogP contribution is -2.41. The molecule has 0 aromatic heterocycles. The van der Waals surface area contributed by atoms with E-state index in [1.807, 2.05) is 33.8 Å². The van der Waals surface area contributed by atoms with Gasteiger partial charge in [-0.25, -0.2) is 0 Å². The van der Waals surface area contributed by atoms with E-state index in [0.29, 0.717) is 17.3 Å². The Bertz CT molecular complexity index is 672. The van der Waals surface area contributed by atoms with Gasteiger partial charge in [0.05, 0.1) is 18.3 Å². The maximum atomic E-state index is 11.4. The Labute approximate surface area is 154 Å². The van der Waals surface area contributed by atoms with E-state index < -0.39 is 18.3 Å². The number of rotatable bonds is 5. The molecule has 136 valence electrons. The number of amides is 1. The summed E-state index contributed by atoms with van der Waals surface area (Å²) >= 11 is 6.12. The van der Waals surface area contributed by atoms with Gasteiger partial charge in [-0.2, -0.15) is 0 Å². The van der Waals surface area contributed by atoms with Crippen LogP contribution in [0.25, 0.3) is 6.08 Å².